The van der Waals surface area contributed by atoms with Crippen molar-refractivity contribution in [2.24, 2.45) is 0 Å². The number of carbonyl (C=O) groups excluding carboxylic acids is 1. The van der Waals surface area contributed by atoms with Crippen molar-refractivity contribution in [2.75, 3.05) is 21.9 Å². The van der Waals surface area contributed by atoms with E-state index in [2.05, 4.69) is 5.32 Å². The zero-order valence-electron chi connectivity index (χ0n) is 16.3. The number of carbonyl (C=O) groups is 1. The topological polar surface area (TPSA) is 66.5 Å². The second-order valence-electron chi connectivity index (χ2n) is 6.28. The van der Waals surface area contributed by atoms with Crippen LogP contribution in [0.15, 0.2) is 88.7 Å². The van der Waals surface area contributed by atoms with Crippen molar-refractivity contribution in [3.8, 4) is 0 Å². The summed E-state index contributed by atoms with van der Waals surface area (Å²) in [6.07, 6.45) is 0. The lowest BCUT2D eigenvalue weighted by Gasteiger charge is -2.24. The number of nitrogens with zero attached hydrogens (tertiary/aromatic N) is 1. The number of sulfonamides is 1. The van der Waals surface area contributed by atoms with Crippen LogP contribution in [0.1, 0.15) is 6.92 Å². The monoisotopic (exact) mass is 444 g/mol. The van der Waals surface area contributed by atoms with Gasteiger partial charge in [-0.15, -0.1) is 11.8 Å². The summed E-state index contributed by atoms with van der Waals surface area (Å²) in [5, 5.41) is 2.79. The smallest absolute Gasteiger partial charge is 0.264 e. The lowest BCUT2D eigenvalue weighted by Crippen LogP contribution is -2.38. The van der Waals surface area contributed by atoms with Gasteiger partial charge in [0, 0.05) is 4.90 Å². The van der Waals surface area contributed by atoms with Crippen LogP contribution in [-0.4, -0.2) is 26.6 Å². The molecule has 0 saturated heterocycles. The van der Waals surface area contributed by atoms with Gasteiger partial charge < -0.3 is 5.32 Å². The number of benzene rings is 3. The van der Waals surface area contributed by atoms with Crippen molar-refractivity contribution in [3.05, 3.63) is 84.7 Å². The molecular weight excluding hydrogens is 423 g/mol. The summed E-state index contributed by atoms with van der Waals surface area (Å²) in [6.45, 7) is 1.56. The molecule has 8 heteroatoms. The average molecular weight is 445 g/mol. The number of hydrogen-bond acceptors (Lipinski definition) is 4. The molecule has 156 valence electrons. The second kappa shape index (κ2) is 9.77. The van der Waals surface area contributed by atoms with Gasteiger partial charge in [-0.25, -0.2) is 12.8 Å². The van der Waals surface area contributed by atoms with E-state index < -0.39 is 28.3 Å². The highest BCUT2D eigenvalue weighted by molar-refractivity contribution is 7.99. The third kappa shape index (κ3) is 5.20. The fourth-order valence-corrected chi connectivity index (χ4v) is 5.02. The lowest BCUT2D eigenvalue weighted by molar-refractivity contribution is -0.114. The molecule has 0 bridgehead atoms. The van der Waals surface area contributed by atoms with Crippen LogP contribution in [0.3, 0.4) is 0 Å². The number of amides is 1. The SMILES string of the molecule is CCSc1ccccc1NC(=O)CN(c1ccc(F)cc1)S(=O)(=O)c1ccccc1. The zero-order chi connectivity index (χ0) is 21.6. The Labute approximate surface area is 180 Å². The van der Waals surface area contributed by atoms with Crippen LogP contribution in [0.2, 0.25) is 0 Å². The third-order valence-corrected chi connectivity index (χ3v) is 6.94. The van der Waals surface area contributed by atoms with Gasteiger partial charge in [0.15, 0.2) is 0 Å². The first kappa shape index (κ1) is 21.9. The summed E-state index contributed by atoms with van der Waals surface area (Å²) in [5.41, 5.74) is 0.817. The van der Waals surface area contributed by atoms with Crippen LogP contribution in [0.25, 0.3) is 0 Å². The van der Waals surface area contributed by atoms with E-state index in [0.717, 1.165) is 27.1 Å². The number of thioether (sulfide) groups is 1. The van der Waals surface area contributed by atoms with Crippen molar-refractivity contribution in [1.29, 1.82) is 0 Å². The summed E-state index contributed by atoms with van der Waals surface area (Å²) < 4.78 is 40.8. The van der Waals surface area contributed by atoms with Crippen molar-refractivity contribution in [1.82, 2.24) is 0 Å². The van der Waals surface area contributed by atoms with Gasteiger partial charge in [0.2, 0.25) is 5.91 Å². The fraction of sp³-hybridized carbons (Fsp3) is 0.136. The van der Waals surface area contributed by atoms with E-state index >= 15 is 0 Å². The standard InChI is InChI=1S/C22H21FN2O3S2/c1-2-29-21-11-7-6-10-20(21)24-22(26)16-25(18-14-12-17(23)13-15-18)30(27,28)19-8-4-3-5-9-19/h3-15H,2,16H2,1H3,(H,24,26). The van der Waals surface area contributed by atoms with E-state index in [9.17, 15) is 17.6 Å². The first-order chi connectivity index (χ1) is 14.4. The van der Waals surface area contributed by atoms with E-state index in [0.29, 0.717) is 5.69 Å². The summed E-state index contributed by atoms with van der Waals surface area (Å²) in [4.78, 5) is 13.7. The quantitative estimate of drug-likeness (QED) is 0.508. The summed E-state index contributed by atoms with van der Waals surface area (Å²) in [7, 11) is -4.03. The molecule has 0 atom stereocenters. The lowest BCUT2D eigenvalue weighted by atomic mass is 10.3. The first-order valence-corrected chi connectivity index (χ1v) is 11.7. The highest BCUT2D eigenvalue weighted by atomic mass is 32.2. The highest BCUT2D eigenvalue weighted by Crippen LogP contribution is 2.27. The molecule has 0 heterocycles. The maximum absolute atomic E-state index is 13.4. The number of halogens is 1. The van der Waals surface area contributed by atoms with Gasteiger partial charge in [0.25, 0.3) is 10.0 Å². The van der Waals surface area contributed by atoms with Crippen LogP contribution in [0.4, 0.5) is 15.8 Å². The fourth-order valence-electron chi connectivity index (χ4n) is 2.81. The van der Waals surface area contributed by atoms with E-state index in [-0.39, 0.29) is 10.6 Å². The molecule has 30 heavy (non-hydrogen) atoms. The Hall–Kier alpha value is -2.84. The molecule has 0 aliphatic rings. The number of hydrogen-bond donors (Lipinski definition) is 1. The van der Waals surface area contributed by atoms with Gasteiger partial charge >= 0.3 is 0 Å². The molecule has 0 unspecified atom stereocenters. The van der Waals surface area contributed by atoms with Crippen LogP contribution in [0.5, 0.6) is 0 Å². The predicted molar refractivity (Wildman–Crippen MR) is 119 cm³/mol. The molecule has 0 fully saturated rings. The van der Waals surface area contributed by atoms with Gasteiger partial charge in [-0.05, 0) is 54.3 Å². The third-order valence-electron chi connectivity index (χ3n) is 4.19. The number of nitrogens with one attached hydrogen (secondary N) is 1. The molecule has 0 saturated carbocycles. The Morgan fingerprint density at radius 1 is 0.967 bits per heavy atom. The molecule has 5 nitrogen and oxygen atoms in total. The normalized spacial score (nSPS) is 11.1. The molecule has 3 aromatic carbocycles. The molecule has 0 spiro atoms. The van der Waals surface area contributed by atoms with Gasteiger partial charge in [-0.1, -0.05) is 37.3 Å². The zero-order valence-corrected chi connectivity index (χ0v) is 17.9. The molecule has 1 amide bonds. The summed E-state index contributed by atoms with van der Waals surface area (Å²) in [6, 6.07) is 20.2. The molecule has 0 aromatic heterocycles. The average Bonchev–Trinajstić information content (AvgIpc) is 2.75. The van der Waals surface area contributed by atoms with Gasteiger partial charge in [-0.3, -0.25) is 9.10 Å². The van der Waals surface area contributed by atoms with Crippen molar-refractivity contribution < 1.29 is 17.6 Å². The first-order valence-electron chi connectivity index (χ1n) is 9.27. The minimum Gasteiger partial charge on any atom is -0.323 e. The van der Waals surface area contributed by atoms with E-state index in [1.165, 1.54) is 24.3 Å². The molecule has 3 rings (SSSR count). The number of para-hydroxylation sites is 1. The molecule has 1 N–H and O–H groups in total. The molecule has 0 radical (unpaired) electrons. The van der Waals surface area contributed by atoms with Gasteiger partial charge in [0.05, 0.1) is 16.3 Å². The number of anilines is 2. The second-order valence-corrected chi connectivity index (χ2v) is 9.45. The Morgan fingerprint density at radius 3 is 2.27 bits per heavy atom. The maximum Gasteiger partial charge on any atom is 0.264 e. The van der Waals surface area contributed by atoms with Crippen LogP contribution in [-0.2, 0) is 14.8 Å². The van der Waals surface area contributed by atoms with Crippen LogP contribution in [0, 0.1) is 5.82 Å². The summed E-state index contributed by atoms with van der Waals surface area (Å²) in [5.74, 6) is -0.162. The minimum atomic E-state index is -4.03. The minimum absolute atomic E-state index is 0.0454. The van der Waals surface area contributed by atoms with E-state index in [1.807, 2.05) is 19.1 Å². The highest BCUT2D eigenvalue weighted by Gasteiger charge is 2.27. The van der Waals surface area contributed by atoms with E-state index in [1.54, 1.807) is 42.1 Å². The summed E-state index contributed by atoms with van der Waals surface area (Å²) >= 11 is 1.57. The molecule has 0 aliphatic heterocycles. The maximum atomic E-state index is 13.4. The Balaban J connectivity index is 1.92. The van der Waals surface area contributed by atoms with Crippen LogP contribution >= 0.6 is 11.8 Å². The predicted octanol–water partition coefficient (Wildman–Crippen LogP) is 4.77. The number of rotatable bonds is 8. The van der Waals surface area contributed by atoms with Crippen molar-refractivity contribution in [3.63, 3.8) is 0 Å². The Morgan fingerprint density at radius 2 is 1.60 bits per heavy atom. The van der Waals surface area contributed by atoms with Gasteiger partial charge in [0.1, 0.15) is 12.4 Å². The van der Waals surface area contributed by atoms with E-state index in [4.69, 9.17) is 0 Å². The largest absolute Gasteiger partial charge is 0.323 e. The molecule has 3 aromatic rings. The van der Waals surface area contributed by atoms with Crippen LogP contribution < -0.4 is 9.62 Å². The van der Waals surface area contributed by atoms with Crippen molar-refractivity contribution in [2.45, 2.75) is 16.7 Å². The van der Waals surface area contributed by atoms with Gasteiger partial charge in [-0.2, -0.15) is 0 Å². The Kier molecular flexibility index (Phi) is 7.12. The molecule has 0 aliphatic carbocycles. The molecular formula is C22H21FN2O3S2. The van der Waals surface area contributed by atoms with Crippen molar-refractivity contribution >= 4 is 39.1 Å². The Bertz CT molecular complexity index is 1100.